The highest BCUT2D eigenvalue weighted by molar-refractivity contribution is 7.88. The van der Waals surface area contributed by atoms with E-state index >= 15 is 0 Å². The molecule has 0 aromatic heterocycles. The Morgan fingerprint density at radius 3 is 2.44 bits per heavy atom. The van der Waals surface area contributed by atoms with Crippen molar-refractivity contribution in [1.29, 1.82) is 0 Å². The maximum Gasteiger partial charge on any atom is 0.418 e. The van der Waals surface area contributed by atoms with Crippen LogP contribution in [0.5, 0.6) is 0 Å². The summed E-state index contributed by atoms with van der Waals surface area (Å²) < 4.78 is 64.6. The third-order valence-electron chi connectivity index (χ3n) is 3.50. The summed E-state index contributed by atoms with van der Waals surface area (Å²) in [5.41, 5.74) is 5.02. The van der Waals surface area contributed by atoms with E-state index in [1.807, 2.05) is 0 Å². The number of fused-ring (bicyclic) bond motifs is 2. The monoisotopic (exact) mass is 399 g/mol. The van der Waals surface area contributed by atoms with E-state index in [0.29, 0.717) is 11.5 Å². The fourth-order valence-electron chi connectivity index (χ4n) is 2.75. The molecule has 4 N–H and O–H groups in total. The third kappa shape index (κ3) is 5.01. The Labute approximate surface area is 146 Å². The smallest absolute Gasteiger partial charge is 0.385 e. The normalized spacial score (nSPS) is 25.6. The topological polar surface area (TPSA) is 172 Å². The first-order chi connectivity index (χ1) is 11.2. The van der Waals surface area contributed by atoms with E-state index in [0.717, 1.165) is 4.90 Å². The zero-order valence-corrected chi connectivity index (χ0v) is 15.5. The van der Waals surface area contributed by atoms with E-state index in [9.17, 15) is 21.6 Å². The molecule has 2 amide bonds. The summed E-state index contributed by atoms with van der Waals surface area (Å²) in [6, 6.07) is -2.26. The van der Waals surface area contributed by atoms with E-state index in [-0.39, 0.29) is 18.8 Å². The molecule has 12 nitrogen and oxygen atoms in total. The highest BCUT2D eigenvalue weighted by atomic mass is 32.3. The van der Waals surface area contributed by atoms with Crippen molar-refractivity contribution in [3.63, 3.8) is 0 Å². The lowest BCUT2D eigenvalue weighted by Gasteiger charge is -2.29. The van der Waals surface area contributed by atoms with Gasteiger partial charge in [-0.3, -0.25) is 4.55 Å². The fourth-order valence-corrected chi connectivity index (χ4v) is 4.36. The Kier molecular flexibility index (Phi) is 5.04. The van der Waals surface area contributed by atoms with Crippen LogP contribution < -0.4 is 10.5 Å². The molecule has 2 aliphatic heterocycles. The summed E-state index contributed by atoms with van der Waals surface area (Å²) in [5, 5.41) is 0.546. The molecule has 0 radical (unpaired) electrons. The summed E-state index contributed by atoms with van der Waals surface area (Å²) >= 11 is 0. The summed E-state index contributed by atoms with van der Waals surface area (Å²) in [4.78, 5) is 13.4. The number of hydrogen-bond donors (Lipinski definition) is 3. The lowest BCUT2D eigenvalue weighted by atomic mass is 10.0. The van der Waals surface area contributed by atoms with Gasteiger partial charge in [0.05, 0.1) is 12.1 Å². The van der Waals surface area contributed by atoms with Crippen LogP contribution in [0.25, 0.3) is 0 Å². The van der Waals surface area contributed by atoms with Crippen LogP contribution in [0.4, 0.5) is 4.79 Å². The Morgan fingerprint density at radius 2 is 1.92 bits per heavy atom. The highest BCUT2D eigenvalue weighted by Gasteiger charge is 2.48. The lowest BCUT2D eigenvalue weighted by molar-refractivity contribution is -0.0316. The molecule has 25 heavy (non-hydrogen) atoms. The molecular weight excluding hydrogens is 378 g/mol. The minimum atomic E-state index is -4.85. The molecule has 2 heterocycles. The van der Waals surface area contributed by atoms with Crippen LogP contribution in [-0.4, -0.2) is 67.4 Å². The second-order valence-electron chi connectivity index (χ2n) is 6.85. The molecule has 2 bridgehead atoms. The largest absolute Gasteiger partial charge is 0.418 e. The number of rotatable bonds is 5. The van der Waals surface area contributed by atoms with E-state index in [2.05, 4.69) is 13.4 Å². The van der Waals surface area contributed by atoms with E-state index in [1.54, 1.807) is 20.8 Å². The van der Waals surface area contributed by atoms with Crippen LogP contribution in [-0.2, 0) is 24.9 Å². The summed E-state index contributed by atoms with van der Waals surface area (Å²) in [7, 11) is -8.93. The molecule has 14 heteroatoms. The first kappa shape index (κ1) is 19.8. The molecule has 0 aromatic carbocycles. The van der Waals surface area contributed by atoms with Gasteiger partial charge < -0.3 is 10.6 Å². The zero-order chi connectivity index (χ0) is 19.2. The van der Waals surface area contributed by atoms with Crippen molar-refractivity contribution in [2.24, 2.45) is 10.1 Å². The van der Waals surface area contributed by atoms with Gasteiger partial charge in [-0.15, -0.1) is 8.68 Å². The molecule has 2 saturated heterocycles. The van der Waals surface area contributed by atoms with Crippen molar-refractivity contribution in [2.75, 3.05) is 6.54 Å². The summed E-state index contributed by atoms with van der Waals surface area (Å²) in [6.45, 7) is 4.98. The first-order valence-electron chi connectivity index (χ1n) is 7.34. The second-order valence-corrected chi connectivity index (χ2v) is 9.19. The van der Waals surface area contributed by atoms with Gasteiger partial charge in [-0.05, 0) is 33.6 Å². The number of nitrogens with zero attached hydrogens (tertiary/aromatic N) is 3. The molecule has 0 saturated carbocycles. The number of hydrogen-bond acceptors (Lipinski definition) is 6. The number of piperidine rings is 1. The van der Waals surface area contributed by atoms with Gasteiger partial charge in [0.2, 0.25) is 0 Å². The van der Waals surface area contributed by atoms with Gasteiger partial charge in [0.1, 0.15) is 5.84 Å². The van der Waals surface area contributed by atoms with E-state index in [4.69, 9.17) is 10.3 Å². The molecular formula is C11H21N5O7S2. The molecule has 144 valence electrons. The number of carbonyl (C=O) groups excluding carboxylic acids is 1. The van der Waals surface area contributed by atoms with Gasteiger partial charge in [-0.2, -0.15) is 26.6 Å². The summed E-state index contributed by atoms with van der Waals surface area (Å²) in [6.07, 6.45) is 0.563. The first-order valence-corrected chi connectivity index (χ1v) is 10.2. The van der Waals surface area contributed by atoms with Crippen LogP contribution in [0, 0.1) is 0 Å². The van der Waals surface area contributed by atoms with Crippen LogP contribution in [0.3, 0.4) is 0 Å². The average molecular weight is 399 g/mol. The molecule has 2 fully saturated rings. The predicted octanol–water partition coefficient (Wildman–Crippen LogP) is -1.02. The quantitative estimate of drug-likeness (QED) is 0.299. The number of amidine groups is 1. The number of carbonyl (C=O) groups is 1. The standard InChI is InChI=1S/C11H21N5O7S2/c1-11(2,3)14-24(18,19)13-9(12)8-5-4-7-6-15(8)10(17)16(7)23-25(20,21)22/h7-8,14H,4-6H2,1-3H3,(H2,12,13)(H,20,21,22). The molecule has 2 unspecified atom stereocenters. The Balaban J connectivity index is 2.20. The van der Waals surface area contributed by atoms with Gasteiger partial charge in [0.15, 0.2) is 0 Å². The number of hydroxylamine groups is 2. The maximum absolute atomic E-state index is 12.2. The van der Waals surface area contributed by atoms with Crippen LogP contribution in [0.1, 0.15) is 33.6 Å². The highest BCUT2D eigenvalue weighted by Crippen LogP contribution is 2.30. The van der Waals surface area contributed by atoms with Gasteiger partial charge in [-0.25, -0.2) is 4.79 Å². The van der Waals surface area contributed by atoms with Gasteiger partial charge >= 0.3 is 26.6 Å². The van der Waals surface area contributed by atoms with Gasteiger partial charge in [0.25, 0.3) is 0 Å². The minimum absolute atomic E-state index is 0.0714. The number of amides is 2. The number of nitrogens with two attached hydrogens (primary N) is 1. The van der Waals surface area contributed by atoms with Crippen molar-refractivity contribution >= 4 is 32.5 Å². The fraction of sp³-hybridized carbons (Fsp3) is 0.818. The molecule has 2 aliphatic rings. The Hall–Kier alpha value is -1.48. The molecule has 2 atom stereocenters. The Bertz CT molecular complexity index is 786. The van der Waals surface area contributed by atoms with Crippen molar-refractivity contribution in [3.05, 3.63) is 0 Å². The van der Waals surface area contributed by atoms with Crippen molar-refractivity contribution in [3.8, 4) is 0 Å². The molecule has 2 rings (SSSR count). The Morgan fingerprint density at radius 1 is 1.32 bits per heavy atom. The maximum atomic E-state index is 12.2. The lowest BCUT2D eigenvalue weighted by Crippen LogP contribution is -2.49. The predicted molar refractivity (Wildman–Crippen MR) is 86.8 cm³/mol. The van der Waals surface area contributed by atoms with Crippen molar-refractivity contribution < 1.29 is 30.5 Å². The average Bonchev–Trinajstić information content (AvgIpc) is 2.59. The van der Waals surface area contributed by atoms with E-state index in [1.165, 1.54) is 0 Å². The van der Waals surface area contributed by atoms with Gasteiger partial charge in [-0.1, -0.05) is 0 Å². The molecule has 0 aliphatic carbocycles. The van der Waals surface area contributed by atoms with E-state index < -0.39 is 44.3 Å². The minimum Gasteiger partial charge on any atom is -0.385 e. The number of nitrogens with one attached hydrogen (secondary N) is 1. The third-order valence-corrected chi connectivity index (χ3v) is 5.17. The molecule has 0 spiro atoms. The van der Waals surface area contributed by atoms with Gasteiger partial charge in [0, 0.05) is 12.1 Å². The SMILES string of the molecule is CC(C)(C)NS(=O)(=O)N=C(N)C1CCC2CN1C(=O)N2OS(=O)(=O)O. The van der Waals surface area contributed by atoms with Crippen LogP contribution in [0.15, 0.2) is 4.40 Å². The zero-order valence-electron chi connectivity index (χ0n) is 13.9. The van der Waals surface area contributed by atoms with Crippen LogP contribution >= 0.6 is 0 Å². The van der Waals surface area contributed by atoms with Crippen molar-refractivity contribution in [1.82, 2.24) is 14.7 Å². The summed E-state index contributed by atoms with van der Waals surface area (Å²) in [5.74, 6) is -0.294. The number of urea groups is 1. The molecule has 0 aromatic rings. The second kappa shape index (κ2) is 6.35. The van der Waals surface area contributed by atoms with Crippen molar-refractivity contribution in [2.45, 2.75) is 51.2 Å². The van der Waals surface area contributed by atoms with Crippen LogP contribution in [0.2, 0.25) is 0 Å².